The number of hydrogen-bond acceptors (Lipinski definition) is 5. The molecule has 0 radical (unpaired) electrons. The van der Waals surface area contributed by atoms with Gasteiger partial charge < -0.3 is 4.74 Å². The third-order valence-electron chi connectivity index (χ3n) is 3.87. The quantitative estimate of drug-likeness (QED) is 0.346. The lowest BCUT2D eigenvalue weighted by atomic mass is 10.1. The molecular formula is C22H16ClN3OS. The predicted molar refractivity (Wildman–Crippen MR) is 113 cm³/mol. The molecule has 6 heteroatoms. The highest BCUT2D eigenvalue weighted by molar-refractivity contribution is 7.11. The molecule has 1 aromatic heterocycles. The Hall–Kier alpha value is -3.12. The Morgan fingerprint density at radius 1 is 1.18 bits per heavy atom. The van der Waals surface area contributed by atoms with Gasteiger partial charge in [0.25, 0.3) is 0 Å². The summed E-state index contributed by atoms with van der Waals surface area (Å²) in [6, 6.07) is 19.3. The van der Waals surface area contributed by atoms with Crippen molar-refractivity contribution in [3.05, 3.63) is 69.5 Å². The van der Waals surface area contributed by atoms with Gasteiger partial charge in [0.1, 0.15) is 16.8 Å². The molecule has 0 atom stereocenters. The van der Waals surface area contributed by atoms with Gasteiger partial charge >= 0.3 is 0 Å². The monoisotopic (exact) mass is 405 g/mol. The fourth-order valence-electron chi connectivity index (χ4n) is 2.49. The van der Waals surface area contributed by atoms with E-state index in [1.54, 1.807) is 6.08 Å². The normalized spacial score (nSPS) is 10.9. The minimum absolute atomic E-state index is 0.470. The Kier molecular flexibility index (Phi) is 6.81. The van der Waals surface area contributed by atoms with Gasteiger partial charge in [0, 0.05) is 22.4 Å². The number of nitrogens with zero attached hydrogens (tertiary/aromatic N) is 3. The fourth-order valence-corrected chi connectivity index (χ4v) is 3.42. The van der Waals surface area contributed by atoms with Crippen molar-refractivity contribution in [1.82, 2.24) is 4.98 Å². The number of ether oxygens (including phenoxy) is 1. The lowest BCUT2D eigenvalue weighted by Crippen LogP contribution is -1.96. The van der Waals surface area contributed by atoms with Gasteiger partial charge in [-0.25, -0.2) is 4.98 Å². The summed E-state index contributed by atoms with van der Waals surface area (Å²) in [6.07, 6.45) is 2.96. The highest BCUT2D eigenvalue weighted by atomic mass is 35.5. The van der Waals surface area contributed by atoms with E-state index in [1.807, 2.05) is 53.9 Å². The number of benzene rings is 2. The molecule has 3 aromatic rings. The first-order valence-corrected chi connectivity index (χ1v) is 9.89. The van der Waals surface area contributed by atoms with E-state index in [-0.39, 0.29) is 0 Å². The predicted octanol–water partition coefficient (Wildman–Crippen LogP) is 6.21. The Morgan fingerprint density at radius 2 is 2.00 bits per heavy atom. The van der Waals surface area contributed by atoms with Gasteiger partial charge in [-0.3, -0.25) is 0 Å². The molecule has 0 unspecified atom stereocenters. The SMILES string of the molecule is N#CCCCOc1cccc(/C=C(/C#N)c2nc(-c3ccc(Cl)cc3)cs2)c1. The minimum atomic E-state index is 0.470. The molecule has 0 aliphatic rings. The molecule has 0 bridgehead atoms. The van der Waals surface area contributed by atoms with Crippen LogP contribution in [-0.4, -0.2) is 11.6 Å². The van der Waals surface area contributed by atoms with Crippen LogP contribution in [0.5, 0.6) is 5.75 Å². The van der Waals surface area contributed by atoms with Crippen LogP contribution in [0.1, 0.15) is 23.4 Å². The Bertz CT molecular complexity index is 1060. The fraction of sp³-hybridized carbons (Fsp3) is 0.136. The van der Waals surface area contributed by atoms with Gasteiger partial charge in [-0.2, -0.15) is 10.5 Å². The lowest BCUT2D eigenvalue weighted by molar-refractivity contribution is 0.312. The van der Waals surface area contributed by atoms with E-state index in [4.69, 9.17) is 21.6 Å². The molecule has 4 nitrogen and oxygen atoms in total. The van der Waals surface area contributed by atoms with Crippen molar-refractivity contribution >= 4 is 34.6 Å². The number of thiazole rings is 1. The van der Waals surface area contributed by atoms with E-state index in [0.717, 1.165) is 16.8 Å². The average Bonchev–Trinajstić information content (AvgIpc) is 3.20. The first kappa shape index (κ1) is 19.6. The van der Waals surface area contributed by atoms with Crippen molar-refractivity contribution in [3.8, 4) is 29.1 Å². The van der Waals surface area contributed by atoms with Crippen LogP contribution in [0.25, 0.3) is 22.9 Å². The first-order valence-electron chi connectivity index (χ1n) is 8.63. The van der Waals surface area contributed by atoms with Crippen molar-refractivity contribution in [1.29, 1.82) is 10.5 Å². The van der Waals surface area contributed by atoms with E-state index >= 15 is 0 Å². The summed E-state index contributed by atoms with van der Waals surface area (Å²) in [5.41, 5.74) is 3.12. The molecule has 0 spiro atoms. The summed E-state index contributed by atoms with van der Waals surface area (Å²) in [5.74, 6) is 0.713. The number of unbranched alkanes of at least 4 members (excludes halogenated alkanes) is 1. The van der Waals surface area contributed by atoms with Crippen molar-refractivity contribution in [2.24, 2.45) is 0 Å². The van der Waals surface area contributed by atoms with Crippen LogP contribution in [-0.2, 0) is 0 Å². The minimum Gasteiger partial charge on any atom is -0.494 e. The average molecular weight is 406 g/mol. The van der Waals surface area contributed by atoms with Gasteiger partial charge in [-0.15, -0.1) is 11.3 Å². The number of rotatable bonds is 7. The molecule has 2 aromatic carbocycles. The van der Waals surface area contributed by atoms with Crippen LogP contribution in [0.2, 0.25) is 5.02 Å². The van der Waals surface area contributed by atoms with Crippen LogP contribution >= 0.6 is 22.9 Å². The van der Waals surface area contributed by atoms with E-state index in [9.17, 15) is 5.26 Å². The second-order valence-electron chi connectivity index (χ2n) is 5.90. The molecule has 0 aliphatic heterocycles. The van der Waals surface area contributed by atoms with E-state index in [1.165, 1.54) is 11.3 Å². The third-order valence-corrected chi connectivity index (χ3v) is 4.99. The first-order chi connectivity index (χ1) is 13.7. The standard InChI is InChI=1S/C22H16ClN3OS/c23-19-8-6-17(7-9-19)21-15-28-22(26-21)18(14-25)12-16-4-3-5-20(13-16)27-11-2-1-10-24/h3-9,12-13,15H,1-2,11H2/b18-12-. The van der Waals surface area contributed by atoms with Crippen molar-refractivity contribution in [2.75, 3.05) is 6.61 Å². The molecular weight excluding hydrogens is 390 g/mol. The summed E-state index contributed by atoms with van der Waals surface area (Å²) in [4.78, 5) is 4.59. The van der Waals surface area contributed by atoms with Crippen LogP contribution < -0.4 is 4.74 Å². The Morgan fingerprint density at radius 3 is 2.75 bits per heavy atom. The maximum atomic E-state index is 9.60. The van der Waals surface area contributed by atoms with Gasteiger partial charge in [0.05, 0.1) is 23.9 Å². The maximum absolute atomic E-state index is 9.60. The van der Waals surface area contributed by atoms with E-state index in [0.29, 0.717) is 40.8 Å². The summed E-state index contributed by atoms with van der Waals surface area (Å²) < 4.78 is 5.65. The van der Waals surface area contributed by atoms with Crippen LogP contribution in [0.15, 0.2) is 53.9 Å². The number of allylic oxidation sites excluding steroid dienone is 1. The molecule has 28 heavy (non-hydrogen) atoms. The zero-order valence-corrected chi connectivity index (χ0v) is 16.5. The molecule has 1 heterocycles. The Labute approximate surface area is 172 Å². The number of halogens is 1. The lowest BCUT2D eigenvalue weighted by Gasteiger charge is -2.05. The summed E-state index contributed by atoms with van der Waals surface area (Å²) in [6.45, 7) is 0.489. The topological polar surface area (TPSA) is 69.7 Å². The van der Waals surface area contributed by atoms with Gasteiger partial charge in [0.15, 0.2) is 0 Å². The van der Waals surface area contributed by atoms with Crippen molar-refractivity contribution in [3.63, 3.8) is 0 Å². The molecule has 0 N–H and O–H groups in total. The molecule has 0 saturated carbocycles. The molecule has 0 aliphatic carbocycles. The van der Waals surface area contributed by atoms with Gasteiger partial charge in [-0.1, -0.05) is 35.9 Å². The smallest absolute Gasteiger partial charge is 0.134 e. The van der Waals surface area contributed by atoms with Crippen molar-refractivity contribution < 1.29 is 4.74 Å². The second-order valence-corrected chi connectivity index (χ2v) is 7.19. The zero-order valence-electron chi connectivity index (χ0n) is 14.9. The molecule has 3 rings (SSSR count). The number of nitriles is 2. The number of aromatic nitrogens is 1. The van der Waals surface area contributed by atoms with E-state index < -0.39 is 0 Å². The maximum Gasteiger partial charge on any atom is 0.134 e. The second kappa shape index (κ2) is 9.71. The third kappa shape index (κ3) is 5.20. The molecule has 0 saturated heterocycles. The van der Waals surface area contributed by atoms with Crippen LogP contribution in [0.3, 0.4) is 0 Å². The largest absolute Gasteiger partial charge is 0.494 e. The summed E-state index contributed by atoms with van der Waals surface area (Å²) in [7, 11) is 0. The molecule has 138 valence electrons. The summed E-state index contributed by atoms with van der Waals surface area (Å²) >= 11 is 7.36. The van der Waals surface area contributed by atoms with Gasteiger partial charge in [-0.05, 0) is 42.3 Å². The van der Waals surface area contributed by atoms with Crippen LogP contribution in [0, 0.1) is 22.7 Å². The highest BCUT2D eigenvalue weighted by Crippen LogP contribution is 2.28. The highest BCUT2D eigenvalue weighted by Gasteiger charge is 2.09. The van der Waals surface area contributed by atoms with Crippen LogP contribution in [0.4, 0.5) is 0 Å². The van der Waals surface area contributed by atoms with Gasteiger partial charge in [0.2, 0.25) is 0 Å². The summed E-state index contributed by atoms with van der Waals surface area (Å²) in [5, 5.41) is 21.4. The Balaban J connectivity index is 1.78. The number of hydrogen-bond donors (Lipinski definition) is 0. The molecule has 0 fully saturated rings. The molecule has 0 amide bonds. The van der Waals surface area contributed by atoms with Crippen molar-refractivity contribution in [2.45, 2.75) is 12.8 Å². The van der Waals surface area contributed by atoms with E-state index in [2.05, 4.69) is 17.1 Å². The zero-order chi connectivity index (χ0) is 19.8.